The molecule has 1 aliphatic rings. The Morgan fingerprint density at radius 1 is 1.38 bits per heavy atom. The van der Waals surface area contributed by atoms with Crippen LogP contribution < -0.4 is 0 Å². The second-order valence-electron chi connectivity index (χ2n) is 4.53. The molecule has 1 aromatic heterocycles. The standard InChI is InChI=1S/C14H13Cl2N3S2/c15-10-1-2-11(12(16)7-10)13(8-19-5-3-17-9-19)21-14-18-4-6-20-14/h1-3,5,7,9,13H,4,6,8H2. The molecule has 0 radical (unpaired) electrons. The molecule has 0 spiro atoms. The normalized spacial score (nSPS) is 16.0. The number of thioether (sulfide) groups is 2. The van der Waals surface area contributed by atoms with Gasteiger partial charge in [-0.2, -0.15) is 0 Å². The van der Waals surface area contributed by atoms with E-state index in [0.717, 1.165) is 28.8 Å². The molecule has 21 heavy (non-hydrogen) atoms. The van der Waals surface area contributed by atoms with Gasteiger partial charge in [0.05, 0.1) is 18.1 Å². The highest BCUT2D eigenvalue weighted by Crippen LogP contribution is 2.40. The summed E-state index contributed by atoms with van der Waals surface area (Å²) in [5, 5.41) is 1.54. The third-order valence-electron chi connectivity index (χ3n) is 3.05. The van der Waals surface area contributed by atoms with Gasteiger partial charge >= 0.3 is 0 Å². The lowest BCUT2D eigenvalue weighted by Gasteiger charge is -2.18. The fourth-order valence-corrected chi connectivity index (χ4v) is 5.06. The van der Waals surface area contributed by atoms with Crippen LogP contribution in [-0.2, 0) is 6.54 Å². The summed E-state index contributed by atoms with van der Waals surface area (Å²) in [5.41, 5.74) is 1.08. The van der Waals surface area contributed by atoms with Crippen molar-refractivity contribution in [3.63, 3.8) is 0 Å². The number of hydrogen-bond acceptors (Lipinski definition) is 4. The maximum Gasteiger partial charge on any atom is 0.125 e. The van der Waals surface area contributed by atoms with Crippen LogP contribution in [0.2, 0.25) is 10.0 Å². The largest absolute Gasteiger partial charge is 0.336 e. The van der Waals surface area contributed by atoms with Gasteiger partial charge in [0.2, 0.25) is 0 Å². The molecule has 0 amide bonds. The van der Waals surface area contributed by atoms with Crippen molar-refractivity contribution in [3.05, 3.63) is 52.5 Å². The van der Waals surface area contributed by atoms with Crippen molar-refractivity contribution in [2.24, 2.45) is 4.99 Å². The van der Waals surface area contributed by atoms with Crippen molar-refractivity contribution in [1.29, 1.82) is 0 Å². The first-order chi connectivity index (χ1) is 10.2. The zero-order valence-electron chi connectivity index (χ0n) is 11.1. The quantitative estimate of drug-likeness (QED) is 0.789. The molecular weight excluding hydrogens is 345 g/mol. The molecule has 0 fully saturated rings. The molecule has 0 saturated heterocycles. The summed E-state index contributed by atoms with van der Waals surface area (Å²) >= 11 is 15.9. The zero-order valence-corrected chi connectivity index (χ0v) is 14.2. The Labute approximate surface area is 142 Å². The summed E-state index contributed by atoms with van der Waals surface area (Å²) in [7, 11) is 0. The number of hydrogen-bond donors (Lipinski definition) is 0. The molecule has 3 rings (SSSR count). The number of aromatic nitrogens is 2. The number of rotatable bonds is 4. The molecule has 1 aliphatic heterocycles. The monoisotopic (exact) mass is 357 g/mol. The first kappa shape index (κ1) is 15.3. The van der Waals surface area contributed by atoms with Crippen LogP contribution in [0.4, 0.5) is 0 Å². The topological polar surface area (TPSA) is 30.2 Å². The van der Waals surface area contributed by atoms with Gasteiger partial charge in [0.1, 0.15) is 4.38 Å². The molecule has 2 aromatic rings. The van der Waals surface area contributed by atoms with Gasteiger partial charge in [0.25, 0.3) is 0 Å². The molecular formula is C14H13Cl2N3S2. The van der Waals surface area contributed by atoms with Crippen molar-refractivity contribution in [2.45, 2.75) is 11.8 Å². The van der Waals surface area contributed by atoms with Gasteiger partial charge < -0.3 is 4.57 Å². The Balaban J connectivity index is 1.86. The Hall–Kier alpha value is -0.620. The molecule has 0 saturated carbocycles. The van der Waals surface area contributed by atoms with Crippen LogP contribution in [0.1, 0.15) is 10.8 Å². The molecule has 110 valence electrons. The van der Waals surface area contributed by atoms with Gasteiger partial charge in [-0.1, -0.05) is 52.8 Å². The molecule has 1 unspecified atom stereocenters. The molecule has 3 nitrogen and oxygen atoms in total. The molecule has 1 aromatic carbocycles. The summed E-state index contributed by atoms with van der Waals surface area (Å²) in [4.78, 5) is 8.63. The van der Waals surface area contributed by atoms with Gasteiger partial charge in [0, 0.05) is 34.7 Å². The summed E-state index contributed by atoms with van der Waals surface area (Å²) in [6.07, 6.45) is 5.56. The van der Waals surface area contributed by atoms with E-state index in [9.17, 15) is 0 Å². The van der Waals surface area contributed by atoms with E-state index < -0.39 is 0 Å². The smallest absolute Gasteiger partial charge is 0.125 e. The van der Waals surface area contributed by atoms with Crippen LogP contribution in [0.15, 0.2) is 41.9 Å². The Bertz CT molecular complexity index is 644. The fraction of sp³-hybridized carbons (Fsp3) is 0.286. The number of halogens is 2. The minimum atomic E-state index is 0.188. The number of nitrogens with zero attached hydrogens (tertiary/aromatic N) is 3. The van der Waals surface area contributed by atoms with Crippen LogP contribution in [0.5, 0.6) is 0 Å². The van der Waals surface area contributed by atoms with Crippen molar-refractivity contribution in [2.75, 3.05) is 12.3 Å². The van der Waals surface area contributed by atoms with E-state index in [2.05, 4.69) is 14.5 Å². The minimum absolute atomic E-state index is 0.188. The summed E-state index contributed by atoms with van der Waals surface area (Å²) < 4.78 is 3.19. The number of benzene rings is 1. The number of aliphatic imine (C=N–C) groups is 1. The minimum Gasteiger partial charge on any atom is -0.336 e. The SMILES string of the molecule is Clc1ccc(C(Cn2ccnc2)SC2=NCCS2)c(Cl)c1. The predicted molar refractivity (Wildman–Crippen MR) is 93.8 cm³/mol. The number of imidazole rings is 1. The van der Waals surface area contributed by atoms with Crippen molar-refractivity contribution in [3.8, 4) is 0 Å². The van der Waals surface area contributed by atoms with E-state index in [1.165, 1.54) is 0 Å². The zero-order chi connectivity index (χ0) is 14.7. The van der Waals surface area contributed by atoms with E-state index >= 15 is 0 Å². The lowest BCUT2D eigenvalue weighted by molar-refractivity contribution is 0.685. The lowest BCUT2D eigenvalue weighted by Crippen LogP contribution is -2.07. The van der Waals surface area contributed by atoms with Crippen LogP contribution in [0, 0.1) is 0 Å². The van der Waals surface area contributed by atoms with Gasteiger partial charge in [0.15, 0.2) is 0 Å². The molecule has 1 atom stereocenters. The summed E-state index contributed by atoms with van der Waals surface area (Å²) in [6.45, 7) is 1.70. The first-order valence-electron chi connectivity index (χ1n) is 6.47. The Morgan fingerprint density at radius 3 is 2.95 bits per heavy atom. The fourth-order valence-electron chi connectivity index (χ4n) is 2.06. The van der Waals surface area contributed by atoms with Gasteiger partial charge in [-0.3, -0.25) is 4.99 Å². The summed E-state index contributed by atoms with van der Waals surface area (Å²) in [6, 6.07) is 5.68. The van der Waals surface area contributed by atoms with Crippen LogP contribution in [-0.4, -0.2) is 26.2 Å². The average molecular weight is 358 g/mol. The highest BCUT2D eigenvalue weighted by atomic mass is 35.5. The first-order valence-corrected chi connectivity index (χ1v) is 9.09. The van der Waals surface area contributed by atoms with Crippen LogP contribution >= 0.6 is 46.7 Å². The second kappa shape index (κ2) is 7.09. The highest BCUT2D eigenvalue weighted by molar-refractivity contribution is 8.39. The molecule has 0 N–H and O–H groups in total. The van der Waals surface area contributed by atoms with E-state index in [0.29, 0.717) is 10.0 Å². The van der Waals surface area contributed by atoms with Gasteiger partial charge in [-0.25, -0.2) is 4.98 Å². The van der Waals surface area contributed by atoms with Gasteiger partial charge in [-0.05, 0) is 17.7 Å². The van der Waals surface area contributed by atoms with Crippen molar-refractivity contribution in [1.82, 2.24) is 9.55 Å². The van der Waals surface area contributed by atoms with E-state index in [4.69, 9.17) is 23.2 Å². The third-order valence-corrected chi connectivity index (χ3v) is 6.03. The average Bonchev–Trinajstić information content (AvgIpc) is 3.11. The molecule has 2 heterocycles. The van der Waals surface area contributed by atoms with E-state index in [1.54, 1.807) is 35.8 Å². The van der Waals surface area contributed by atoms with Gasteiger partial charge in [-0.15, -0.1) is 0 Å². The second-order valence-corrected chi connectivity index (χ2v) is 7.91. The van der Waals surface area contributed by atoms with Crippen LogP contribution in [0.25, 0.3) is 0 Å². The Kier molecular flexibility index (Phi) is 5.16. The highest BCUT2D eigenvalue weighted by Gasteiger charge is 2.21. The molecule has 7 heteroatoms. The molecule has 0 bridgehead atoms. The maximum absolute atomic E-state index is 6.38. The van der Waals surface area contributed by atoms with E-state index in [1.807, 2.05) is 24.7 Å². The van der Waals surface area contributed by atoms with Crippen molar-refractivity contribution < 1.29 is 0 Å². The Morgan fingerprint density at radius 2 is 2.29 bits per heavy atom. The third kappa shape index (κ3) is 3.97. The van der Waals surface area contributed by atoms with Crippen molar-refractivity contribution >= 4 is 51.1 Å². The van der Waals surface area contributed by atoms with Crippen LogP contribution in [0.3, 0.4) is 0 Å². The summed E-state index contributed by atoms with van der Waals surface area (Å²) in [5.74, 6) is 1.06. The predicted octanol–water partition coefficient (Wildman–Crippen LogP) is 4.77. The lowest BCUT2D eigenvalue weighted by atomic mass is 10.1. The van der Waals surface area contributed by atoms with E-state index in [-0.39, 0.29) is 5.25 Å². The molecule has 0 aliphatic carbocycles. The maximum atomic E-state index is 6.38.